The normalized spacial score (nSPS) is 26.1. The molecule has 240 valence electrons. The second kappa shape index (κ2) is 11.3. The molecule has 6 nitrogen and oxygen atoms in total. The molecule has 4 saturated carbocycles. The molecule has 1 N–H and O–H groups in total. The van der Waals surface area contributed by atoms with Gasteiger partial charge >= 0.3 is 17.1 Å². The Hall–Kier alpha value is -3.06. The average Bonchev–Trinajstić information content (AvgIpc) is 3.30. The quantitative estimate of drug-likeness (QED) is 0.0938. The van der Waals surface area contributed by atoms with Crippen molar-refractivity contribution in [3.63, 3.8) is 0 Å². The Kier molecular flexibility index (Phi) is 8.03. The number of ether oxygens (including phenoxy) is 1. The van der Waals surface area contributed by atoms with Gasteiger partial charge in [-0.1, -0.05) is 42.5 Å². The first-order valence-electron chi connectivity index (χ1n) is 14.7. The molecule has 3 aromatic carbocycles. The third kappa shape index (κ3) is 5.75. The molecule has 2 atom stereocenters. The van der Waals surface area contributed by atoms with E-state index < -0.39 is 51.3 Å². The van der Waals surface area contributed by atoms with E-state index in [2.05, 4.69) is 78.9 Å². The highest BCUT2D eigenvalue weighted by Crippen LogP contribution is 2.62. The van der Waals surface area contributed by atoms with Crippen LogP contribution in [0.1, 0.15) is 44.9 Å². The monoisotopic (exact) mass is 664 g/mol. The summed E-state index contributed by atoms with van der Waals surface area (Å²) in [6.07, 6.45) is 1.28. The summed E-state index contributed by atoms with van der Waals surface area (Å²) in [5.41, 5.74) is -2.00. The largest absolute Gasteiger partial charge is 0.743 e. The molecule has 12 heteroatoms. The molecule has 4 aliphatic rings. The van der Waals surface area contributed by atoms with Crippen molar-refractivity contribution in [1.29, 1.82) is 0 Å². The lowest BCUT2D eigenvalue weighted by Crippen LogP contribution is -2.58. The highest BCUT2D eigenvalue weighted by Gasteiger charge is 2.63. The van der Waals surface area contributed by atoms with Crippen LogP contribution in [0.5, 0.6) is 0 Å². The molecule has 1 aromatic heterocycles. The minimum absolute atomic E-state index is 0.0594. The van der Waals surface area contributed by atoms with Gasteiger partial charge in [-0.3, -0.25) is 4.79 Å². The molecule has 4 fully saturated rings. The Morgan fingerprint density at radius 1 is 0.867 bits per heavy atom. The zero-order valence-corrected chi connectivity index (χ0v) is 25.8. The SMILES string of the molecule is O=C(OCCC(F)(F)C(F)(F)S(=O)(=O)[O-])C12CC3CC(CC(O)(C3)C1)C2.c1ccc(-[s+]2c3ccccc3c3ccccc32)cc1. The van der Waals surface area contributed by atoms with Gasteiger partial charge in [-0.05, 0) is 86.8 Å². The van der Waals surface area contributed by atoms with Crippen molar-refractivity contribution in [3.8, 4) is 4.90 Å². The Labute approximate surface area is 260 Å². The molecule has 0 spiro atoms. The van der Waals surface area contributed by atoms with Crippen LogP contribution in [0.25, 0.3) is 25.1 Å². The Morgan fingerprint density at radius 3 is 1.89 bits per heavy atom. The van der Waals surface area contributed by atoms with Crippen LogP contribution in [0, 0.1) is 17.3 Å². The Bertz CT molecular complexity index is 1770. The maximum absolute atomic E-state index is 13.4. The zero-order chi connectivity index (χ0) is 32.3. The number of alkyl halides is 4. The molecule has 0 saturated heterocycles. The molecule has 0 aliphatic heterocycles. The second-order valence-electron chi connectivity index (χ2n) is 12.6. The number of benzene rings is 3. The van der Waals surface area contributed by atoms with E-state index in [4.69, 9.17) is 4.74 Å². The molecule has 8 rings (SSSR count). The van der Waals surface area contributed by atoms with Crippen LogP contribution in [0.4, 0.5) is 17.6 Å². The fourth-order valence-electron chi connectivity index (χ4n) is 7.87. The molecule has 4 aliphatic carbocycles. The van der Waals surface area contributed by atoms with Gasteiger partial charge in [0.1, 0.15) is 0 Å². The van der Waals surface area contributed by atoms with Gasteiger partial charge in [0.05, 0.1) is 24.0 Å². The fraction of sp³-hybridized carbons (Fsp3) is 0.424. The number of thiophene rings is 1. The number of rotatable bonds is 7. The predicted molar refractivity (Wildman–Crippen MR) is 163 cm³/mol. The van der Waals surface area contributed by atoms with Crippen molar-refractivity contribution >= 4 is 46.7 Å². The number of hydrogen-bond donors (Lipinski definition) is 1. The summed E-state index contributed by atoms with van der Waals surface area (Å²) in [5.74, 6) is -5.74. The smallest absolute Gasteiger partial charge is 0.396 e. The first-order chi connectivity index (χ1) is 21.1. The summed E-state index contributed by atoms with van der Waals surface area (Å²) in [6.45, 7) is -1.15. The average molecular weight is 665 g/mol. The summed E-state index contributed by atoms with van der Waals surface area (Å²) >= 11 is 0. The molecule has 4 aromatic rings. The van der Waals surface area contributed by atoms with Crippen LogP contribution < -0.4 is 0 Å². The van der Waals surface area contributed by atoms with Crippen molar-refractivity contribution in [1.82, 2.24) is 0 Å². The van der Waals surface area contributed by atoms with E-state index in [0.29, 0.717) is 25.7 Å². The molecule has 45 heavy (non-hydrogen) atoms. The summed E-state index contributed by atoms with van der Waals surface area (Å²) < 4.78 is 91.7. The van der Waals surface area contributed by atoms with Crippen molar-refractivity contribution in [2.75, 3.05) is 6.61 Å². The van der Waals surface area contributed by atoms with E-state index in [1.54, 1.807) is 0 Å². The number of carbonyl (C=O) groups is 1. The van der Waals surface area contributed by atoms with Crippen LogP contribution in [-0.4, -0.2) is 47.4 Å². The molecular formula is C33H32F4O6S2. The number of hydrogen-bond acceptors (Lipinski definition) is 6. The minimum Gasteiger partial charge on any atom is -0.743 e. The number of halogens is 4. The third-order valence-corrected chi connectivity index (χ3v) is 12.6. The zero-order valence-electron chi connectivity index (χ0n) is 24.1. The van der Waals surface area contributed by atoms with Crippen molar-refractivity contribution in [3.05, 3.63) is 78.9 Å². The maximum atomic E-state index is 13.4. The van der Waals surface area contributed by atoms with Gasteiger partial charge in [0.15, 0.2) is 24.4 Å². The highest BCUT2D eigenvalue weighted by atomic mass is 32.2. The van der Waals surface area contributed by atoms with Crippen molar-refractivity contribution < 1.29 is 45.2 Å². The van der Waals surface area contributed by atoms with Gasteiger partial charge in [0.25, 0.3) is 0 Å². The van der Waals surface area contributed by atoms with Crippen molar-refractivity contribution in [2.45, 2.75) is 61.7 Å². The lowest BCUT2D eigenvalue weighted by atomic mass is 9.48. The molecular weight excluding hydrogens is 632 g/mol. The van der Waals surface area contributed by atoms with E-state index >= 15 is 0 Å². The number of esters is 1. The summed E-state index contributed by atoms with van der Waals surface area (Å²) in [5, 5.41) is 7.54. The maximum Gasteiger partial charge on any atom is 0.396 e. The lowest BCUT2D eigenvalue weighted by molar-refractivity contribution is -0.201. The summed E-state index contributed by atoms with van der Waals surface area (Å²) in [7, 11) is -6.50. The van der Waals surface area contributed by atoms with E-state index in [-0.39, 0.29) is 28.7 Å². The van der Waals surface area contributed by atoms with Gasteiger partial charge < -0.3 is 14.4 Å². The molecule has 0 radical (unpaired) electrons. The highest BCUT2D eigenvalue weighted by molar-refractivity contribution is 7.86. The van der Waals surface area contributed by atoms with Crippen LogP contribution in [0.2, 0.25) is 0 Å². The number of fused-ring (bicyclic) bond motifs is 3. The Morgan fingerprint density at radius 2 is 1.38 bits per heavy atom. The second-order valence-corrected chi connectivity index (χ2v) is 16.0. The van der Waals surface area contributed by atoms with Crippen LogP contribution >= 0.6 is 10.5 Å². The summed E-state index contributed by atoms with van der Waals surface area (Å²) in [4.78, 5) is 13.8. The number of carbonyl (C=O) groups excluding carboxylic acids is 1. The fourth-order valence-corrected chi connectivity index (χ4v) is 10.7. The molecule has 0 amide bonds. The van der Waals surface area contributed by atoms with Gasteiger partial charge in [-0.15, -0.1) is 0 Å². The van der Waals surface area contributed by atoms with Gasteiger partial charge in [0.2, 0.25) is 0 Å². The van der Waals surface area contributed by atoms with E-state index in [9.17, 15) is 40.4 Å². The van der Waals surface area contributed by atoms with Crippen LogP contribution in [-0.2, 0) is 19.6 Å². The van der Waals surface area contributed by atoms with Crippen LogP contribution in [0.3, 0.4) is 0 Å². The van der Waals surface area contributed by atoms with E-state index in [1.165, 1.54) is 25.1 Å². The van der Waals surface area contributed by atoms with Gasteiger partial charge in [-0.25, -0.2) is 8.42 Å². The molecule has 1 heterocycles. The summed E-state index contributed by atoms with van der Waals surface area (Å²) in [6, 6.07) is 28.4. The predicted octanol–water partition coefficient (Wildman–Crippen LogP) is 7.76. The standard InChI is InChI=1S/C18H13S.C15H20F4O6S/c1-2-8-14(9-3-1)19-17-12-6-4-10-15(17)16-11-5-7-13-18(16)19;16-14(17,15(18,19)26(22,23)24)1-2-25-11(20)12-4-9-3-10(5-12)7-13(21,6-9)8-12/h1-13H;9-10,21H,1-8H2,(H,22,23,24)/q+1;/p-1. The van der Waals surface area contributed by atoms with E-state index in [0.717, 1.165) is 6.42 Å². The first kappa shape index (κ1) is 31.9. The molecule has 2 unspecified atom stereocenters. The lowest BCUT2D eigenvalue weighted by Gasteiger charge is -2.58. The molecule has 4 bridgehead atoms. The van der Waals surface area contributed by atoms with Crippen molar-refractivity contribution in [2.24, 2.45) is 17.3 Å². The van der Waals surface area contributed by atoms with Gasteiger partial charge in [0, 0.05) is 21.2 Å². The van der Waals surface area contributed by atoms with E-state index in [1.807, 2.05) is 0 Å². The topological polar surface area (TPSA) is 104 Å². The van der Waals surface area contributed by atoms with Gasteiger partial charge in [-0.2, -0.15) is 17.6 Å². The first-order valence-corrected chi connectivity index (χ1v) is 17.4. The third-order valence-electron chi connectivity index (χ3n) is 9.34. The van der Waals surface area contributed by atoms with Crippen LogP contribution in [0.15, 0.2) is 78.9 Å². The Balaban J connectivity index is 0.000000166. The minimum atomic E-state index is -6.56. The number of aliphatic hydroxyl groups is 1.